The summed E-state index contributed by atoms with van der Waals surface area (Å²) >= 11 is 12.2. The average Bonchev–Trinajstić information content (AvgIpc) is 2.88. The lowest BCUT2D eigenvalue weighted by atomic mass is 10.0. The molecular formula is C30H34Cl2N2O3. The Morgan fingerprint density at radius 3 is 2.27 bits per heavy atom. The summed E-state index contributed by atoms with van der Waals surface area (Å²) in [5.74, 6) is 0.719. The number of amides is 2. The highest BCUT2D eigenvalue weighted by atomic mass is 35.5. The minimum atomic E-state index is -0.662. The molecule has 0 aliphatic rings. The van der Waals surface area contributed by atoms with Crippen molar-refractivity contribution in [3.63, 3.8) is 0 Å². The van der Waals surface area contributed by atoms with Crippen molar-refractivity contribution in [1.29, 1.82) is 0 Å². The number of carbonyl (C=O) groups excluding carboxylic acids is 2. The Hall–Kier alpha value is -3.02. The predicted octanol–water partition coefficient (Wildman–Crippen LogP) is 6.56. The van der Waals surface area contributed by atoms with E-state index < -0.39 is 6.04 Å². The monoisotopic (exact) mass is 540 g/mol. The number of nitrogens with zero attached hydrogens (tertiary/aromatic N) is 1. The number of nitrogens with one attached hydrogen (secondary N) is 1. The van der Waals surface area contributed by atoms with Gasteiger partial charge in [0.25, 0.3) is 0 Å². The number of hydrogen-bond acceptors (Lipinski definition) is 3. The third-order valence-corrected chi connectivity index (χ3v) is 6.30. The van der Waals surface area contributed by atoms with Gasteiger partial charge < -0.3 is 15.0 Å². The number of rotatable bonds is 13. The van der Waals surface area contributed by atoms with Crippen LogP contribution in [0.4, 0.5) is 0 Å². The normalized spacial score (nSPS) is 11.7. The molecule has 0 heterocycles. The molecule has 2 amide bonds. The molecule has 0 bridgehead atoms. The van der Waals surface area contributed by atoms with Crippen LogP contribution in [0.2, 0.25) is 10.0 Å². The number of ether oxygens (including phenoxy) is 1. The molecule has 5 nitrogen and oxygen atoms in total. The summed E-state index contributed by atoms with van der Waals surface area (Å²) in [5.41, 5.74) is 1.86. The fourth-order valence-electron chi connectivity index (χ4n) is 3.90. The van der Waals surface area contributed by atoms with Crippen LogP contribution in [0.25, 0.3) is 0 Å². The summed E-state index contributed by atoms with van der Waals surface area (Å²) in [4.78, 5) is 28.7. The second-order valence-electron chi connectivity index (χ2n) is 9.40. The van der Waals surface area contributed by atoms with Crippen molar-refractivity contribution in [3.8, 4) is 5.75 Å². The summed E-state index contributed by atoms with van der Waals surface area (Å²) in [5, 5.41) is 4.26. The molecule has 0 saturated carbocycles. The Labute approximate surface area is 229 Å². The molecule has 1 atom stereocenters. The molecule has 0 radical (unpaired) electrons. The lowest BCUT2D eigenvalue weighted by Crippen LogP contribution is -2.51. The summed E-state index contributed by atoms with van der Waals surface area (Å²) in [7, 11) is 0. The maximum Gasteiger partial charge on any atom is 0.243 e. The summed E-state index contributed by atoms with van der Waals surface area (Å²) in [6.07, 6.45) is 1.18. The molecule has 0 spiro atoms. The van der Waals surface area contributed by atoms with E-state index in [1.54, 1.807) is 35.2 Å². The Morgan fingerprint density at radius 2 is 1.59 bits per heavy atom. The molecule has 0 aliphatic carbocycles. The van der Waals surface area contributed by atoms with Crippen LogP contribution in [-0.4, -0.2) is 35.9 Å². The van der Waals surface area contributed by atoms with Gasteiger partial charge in [0, 0.05) is 36.0 Å². The van der Waals surface area contributed by atoms with E-state index in [0.717, 1.165) is 11.1 Å². The van der Waals surface area contributed by atoms with Crippen LogP contribution in [0.1, 0.15) is 37.8 Å². The fourth-order valence-corrected chi connectivity index (χ4v) is 4.24. The quantitative estimate of drug-likeness (QED) is 0.249. The summed E-state index contributed by atoms with van der Waals surface area (Å²) in [6.45, 7) is 5.29. The molecule has 0 aliphatic heterocycles. The van der Waals surface area contributed by atoms with Crippen LogP contribution >= 0.6 is 23.2 Å². The Morgan fingerprint density at radius 1 is 0.892 bits per heavy atom. The van der Waals surface area contributed by atoms with Crippen molar-refractivity contribution in [2.75, 3.05) is 13.2 Å². The first-order valence-corrected chi connectivity index (χ1v) is 13.3. The maximum atomic E-state index is 13.6. The van der Waals surface area contributed by atoms with Gasteiger partial charge in [0.1, 0.15) is 11.8 Å². The molecule has 37 heavy (non-hydrogen) atoms. The zero-order chi connectivity index (χ0) is 26.6. The van der Waals surface area contributed by atoms with E-state index in [9.17, 15) is 9.59 Å². The highest BCUT2D eigenvalue weighted by Gasteiger charge is 2.30. The highest BCUT2D eigenvalue weighted by molar-refractivity contribution is 6.30. The highest BCUT2D eigenvalue weighted by Crippen LogP contribution is 2.20. The lowest BCUT2D eigenvalue weighted by molar-refractivity contribution is -0.141. The predicted molar refractivity (Wildman–Crippen MR) is 150 cm³/mol. The van der Waals surface area contributed by atoms with E-state index >= 15 is 0 Å². The lowest BCUT2D eigenvalue weighted by Gasteiger charge is -2.32. The molecular weight excluding hydrogens is 507 g/mol. The third kappa shape index (κ3) is 9.75. The first-order valence-electron chi connectivity index (χ1n) is 12.6. The first kappa shape index (κ1) is 28.5. The molecule has 7 heteroatoms. The zero-order valence-corrected chi connectivity index (χ0v) is 22.8. The minimum absolute atomic E-state index is 0.111. The minimum Gasteiger partial charge on any atom is -0.494 e. The van der Waals surface area contributed by atoms with Gasteiger partial charge in [-0.05, 0) is 59.9 Å². The Bertz CT molecular complexity index is 1140. The number of halogens is 2. The van der Waals surface area contributed by atoms with Gasteiger partial charge in [-0.3, -0.25) is 9.59 Å². The molecule has 1 N–H and O–H groups in total. The van der Waals surface area contributed by atoms with Crippen molar-refractivity contribution in [2.24, 2.45) is 5.92 Å². The van der Waals surface area contributed by atoms with E-state index in [1.165, 1.54) is 0 Å². The molecule has 3 aromatic carbocycles. The number of hydrogen-bond donors (Lipinski definition) is 1. The van der Waals surface area contributed by atoms with Gasteiger partial charge in [-0.15, -0.1) is 0 Å². The van der Waals surface area contributed by atoms with Crippen LogP contribution < -0.4 is 10.1 Å². The average molecular weight is 542 g/mol. The first-order chi connectivity index (χ1) is 17.8. The zero-order valence-electron chi connectivity index (χ0n) is 21.3. The summed E-state index contributed by atoms with van der Waals surface area (Å²) < 4.78 is 5.77. The largest absolute Gasteiger partial charge is 0.494 e. The number of benzene rings is 3. The third-order valence-electron chi connectivity index (χ3n) is 5.81. The number of carbonyl (C=O) groups is 2. The second-order valence-corrected chi connectivity index (χ2v) is 10.3. The standard InChI is InChI=1S/C30H34Cl2N2O3/c1-22(2)20-33-30(36)28(19-23-8-4-3-5-9-23)34(21-24-10-6-11-26(32)18-24)29(35)12-7-17-37-27-15-13-25(31)14-16-27/h3-6,8-11,13-16,18,22,28H,7,12,17,19-21H2,1-2H3,(H,33,36)/t28-/m0/s1. The van der Waals surface area contributed by atoms with Crippen LogP contribution in [0.15, 0.2) is 78.9 Å². The smallest absolute Gasteiger partial charge is 0.243 e. The molecule has 0 saturated heterocycles. The van der Waals surface area contributed by atoms with Crippen LogP contribution in [0.5, 0.6) is 5.75 Å². The van der Waals surface area contributed by atoms with E-state index in [-0.39, 0.29) is 24.8 Å². The van der Waals surface area contributed by atoms with Crippen molar-refractivity contribution in [2.45, 2.75) is 45.7 Å². The van der Waals surface area contributed by atoms with Crippen LogP contribution in [0.3, 0.4) is 0 Å². The Balaban J connectivity index is 1.78. The maximum absolute atomic E-state index is 13.6. The molecule has 0 fully saturated rings. The summed E-state index contributed by atoms with van der Waals surface area (Å²) in [6, 6.07) is 23.6. The van der Waals surface area contributed by atoms with E-state index in [1.807, 2.05) is 62.4 Å². The molecule has 3 rings (SSSR count). The van der Waals surface area contributed by atoms with Gasteiger partial charge in [0.2, 0.25) is 11.8 Å². The second kappa shape index (κ2) is 14.7. The van der Waals surface area contributed by atoms with Gasteiger partial charge >= 0.3 is 0 Å². The van der Waals surface area contributed by atoms with Gasteiger partial charge in [-0.1, -0.05) is 79.5 Å². The van der Waals surface area contributed by atoms with Crippen molar-refractivity contribution in [3.05, 3.63) is 100 Å². The van der Waals surface area contributed by atoms with Crippen LogP contribution in [-0.2, 0) is 22.6 Å². The Kier molecular flexibility index (Phi) is 11.3. The van der Waals surface area contributed by atoms with E-state index in [4.69, 9.17) is 27.9 Å². The van der Waals surface area contributed by atoms with E-state index in [2.05, 4.69) is 5.32 Å². The SMILES string of the molecule is CC(C)CNC(=O)[C@H](Cc1ccccc1)N(Cc1cccc(Cl)c1)C(=O)CCCOc1ccc(Cl)cc1. The van der Waals surface area contributed by atoms with Crippen molar-refractivity contribution >= 4 is 35.0 Å². The molecule has 0 aromatic heterocycles. The topological polar surface area (TPSA) is 58.6 Å². The van der Waals surface area contributed by atoms with Crippen molar-refractivity contribution < 1.29 is 14.3 Å². The molecule has 196 valence electrons. The van der Waals surface area contributed by atoms with Crippen LogP contribution in [0, 0.1) is 5.92 Å². The van der Waals surface area contributed by atoms with Crippen molar-refractivity contribution in [1.82, 2.24) is 10.2 Å². The fraction of sp³-hybridized carbons (Fsp3) is 0.333. The van der Waals surface area contributed by atoms with Gasteiger partial charge in [-0.25, -0.2) is 0 Å². The van der Waals surface area contributed by atoms with Gasteiger partial charge in [0.15, 0.2) is 0 Å². The van der Waals surface area contributed by atoms with Gasteiger partial charge in [0.05, 0.1) is 6.61 Å². The van der Waals surface area contributed by atoms with Gasteiger partial charge in [-0.2, -0.15) is 0 Å². The van der Waals surface area contributed by atoms with E-state index in [0.29, 0.717) is 47.7 Å². The molecule has 3 aromatic rings. The molecule has 0 unspecified atom stereocenters.